The summed E-state index contributed by atoms with van der Waals surface area (Å²) in [5.41, 5.74) is 1.90. The van der Waals surface area contributed by atoms with Gasteiger partial charge in [-0.15, -0.1) is 0 Å². The van der Waals surface area contributed by atoms with Gasteiger partial charge in [0.25, 0.3) is 5.91 Å². The molecule has 2 N–H and O–H groups in total. The molecule has 7 nitrogen and oxygen atoms in total. The molecule has 0 unspecified atom stereocenters. The number of nitrogens with one attached hydrogen (secondary N) is 1. The largest absolute Gasteiger partial charge is 0.504 e. The third-order valence-corrected chi connectivity index (χ3v) is 4.30. The molecule has 0 aliphatic carbocycles. The Morgan fingerprint density at radius 2 is 2.00 bits per heavy atom. The molecule has 0 spiro atoms. The summed E-state index contributed by atoms with van der Waals surface area (Å²) in [7, 11) is 0. The van der Waals surface area contributed by atoms with Crippen LogP contribution in [0, 0.1) is 6.92 Å². The van der Waals surface area contributed by atoms with Crippen LogP contribution in [0.25, 0.3) is 10.2 Å². The lowest BCUT2D eigenvalue weighted by atomic mass is 10.2. The van der Waals surface area contributed by atoms with E-state index >= 15 is 0 Å². The highest BCUT2D eigenvalue weighted by atomic mass is 32.1. The molecule has 1 heterocycles. The lowest BCUT2D eigenvalue weighted by Crippen LogP contribution is -2.23. The molecule has 0 aliphatic heterocycles. The highest BCUT2D eigenvalue weighted by molar-refractivity contribution is 7.22. The number of benzene rings is 2. The van der Waals surface area contributed by atoms with Gasteiger partial charge in [0, 0.05) is 0 Å². The zero-order chi connectivity index (χ0) is 18.5. The Kier molecular flexibility index (Phi) is 5.33. The third-order valence-electron chi connectivity index (χ3n) is 3.37. The number of carbonyl (C=O) groups is 2. The zero-order valence-electron chi connectivity index (χ0n) is 13.9. The van der Waals surface area contributed by atoms with E-state index in [-0.39, 0.29) is 11.5 Å². The number of aryl methyl sites for hydroxylation is 1. The Morgan fingerprint density at radius 1 is 1.19 bits per heavy atom. The molecule has 0 saturated heterocycles. The number of carbonyl (C=O) groups excluding carboxylic acids is 2. The van der Waals surface area contributed by atoms with Crippen molar-refractivity contribution in [1.82, 2.24) is 4.98 Å². The van der Waals surface area contributed by atoms with Crippen LogP contribution in [0.5, 0.6) is 11.5 Å². The number of anilines is 1. The van der Waals surface area contributed by atoms with Crippen molar-refractivity contribution in [2.45, 2.75) is 6.92 Å². The minimum atomic E-state index is -0.719. The highest BCUT2D eigenvalue weighted by Gasteiger charge is 2.12. The first-order valence-corrected chi connectivity index (χ1v) is 8.56. The molecule has 134 valence electrons. The Balaban J connectivity index is 1.47. The van der Waals surface area contributed by atoms with Gasteiger partial charge in [-0.3, -0.25) is 10.1 Å². The molecule has 2 aromatic carbocycles. The van der Waals surface area contributed by atoms with Crippen LogP contribution < -0.4 is 10.1 Å². The van der Waals surface area contributed by atoms with Gasteiger partial charge in [0.15, 0.2) is 29.8 Å². The van der Waals surface area contributed by atoms with Gasteiger partial charge in [0.1, 0.15) is 0 Å². The van der Waals surface area contributed by atoms with E-state index in [0.717, 1.165) is 15.8 Å². The lowest BCUT2D eigenvalue weighted by Gasteiger charge is -2.07. The summed E-state index contributed by atoms with van der Waals surface area (Å²) in [5.74, 6) is -1.12. The number of para-hydroxylation sites is 2. The molecule has 0 radical (unpaired) electrons. The molecule has 1 amide bonds. The van der Waals surface area contributed by atoms with Crippen LogP contribution in [-0.2, 0) is 14.3 Å². The van der Waals surface area contributed by atoms with E-state index in [1.165, 1.54) is 23.5 Å². The molecule has 3 rings (SSSR count). The van der Waals surface area contributed by atoms with Crippen molar-refractivity contribution >= 4 is 38.6 Å². The number of ether oxygens (including phenoxy) is 2. The Bertz CT molecular complexity index is 954. The SMILES string of the molecule is Cc1ccc2nc(NC(=O)COC(=O)COc3ccccc3O)sc2c1. The number of rotatable bonds is 6. The van der Waals surface area contributed by atoms with E-state index in [1.807, 2.05) is 25.1 Å². The van der Waals surface area contributed by atoms with Crippen molar-refractivity contribution in [2.24, 2.45) is 0 Å². The number of fused-ring (bicyclic) bond motifs is 1. The molecule has 0 aliphatic rings. The van der Waals surface area contributed by atoms with Crippen molar-refractivity contribution in [3.05, 3.63) is 48.0 Å². The normalized spacial score (nSPS) is 10.5. The fraction of sp³-hybridized carbons (Fsp3) is 0.167. The number of thiazole rings is 1. The number of nitrogens with zero attached hydrogens (tertiary/aromatic N) is 1. The second-order valence-electron chi connectivity index (χ2n) is 5.46. The summed E-state index contributed by atoms with van der Waals surface area (Å²) in [6, 6.07) is 12.1. The third kappa shape index (κ3) is 4.48. The topological polar surface area (TPSA) is 97.8 Å². The number of aromatic hydroxyl groups is 1. The van der Waals surface area contributed by atoms with Crippen molar-refractivity contribution in [3.63, 3.8) is 0 Å². The maximum Gasteiger partial charge on any atom is 0.344 e. The van der Waals surface area contributed by atoms with Gasteiger partial charge in [0.2, 0.25) is 0 Å². The number of esters is 1. The molecule has 8 heteroatoms. The molecule has 0 atom stereocenters. The van der Waals surface area contributed by atoms with Gasteiger partial charge < -0.3 is 14.6 Å². The Hall–Kier alpha value is -3.13. The molecule has 0 bridgehead atoms. The van der Waals surface area contributed by atoms with E-state index < -0.39 is 25.1 Å². The predicted molar refractivity (Wildman–Crippen MR) is 97.5 cm³/mol. The van der Waals surface area contributed by atoms with Crippen LogP contribution >= 0.6 is 11.3 Å². The van der Waals surface area contributed by atoms with Gasteiger partial charge in [-0.2, -0.15) is 0 Å². The van der Waals surface area contributed by atoms with Crippen LogP contribution in [0.15, 0.2) is 42.5 Å². The zero-order valence-corrected chi connectivity index (χ0v) is 14.7. The van der Waals surface area contributed by atoms with E-state index in [0.29, 0.717) is 5.13 Å². The van der Waals surface area contributed by atoms with Crippen LogP contribution in [0.1, 0.15) is 5.56 Å². The van der Waals surface area contributed by atoms with Gasteiger partial charge in [-0.05, 0) is 36.8 Å². The average molecular weight is 372 g/mol. The maximum atomic E-state index is 11.9. The minimum absolute atomic E-state index is 0.0795. The van der Waals surface area contributed by atoms with Crippen LogP contribution in [0.4, 0.5) is 5.13 Å². The maximum absolute atomic E-state index is 11.9. The summed E-state index contributed by atoms with van der Waals surface area (Å²) in [6.45, 7) is 1.12. The van der Waals surface area contributed by atoms with Crippen LogP contribution in [0.3, 0.4) is 0 Å². The quantitative estimate of drug-likeness (QED) is 0.646. The first-order valence-electron chi connectivity index (χ1n) is 7.75. The number of hydrogen-bond donors (Lipinski definition) is 2. The summed E-state index contributed by atoms with van der Waals surface area (Å²) in [6.07, 6.45) is 0. The molecule has 26 heavy (non-hydrogen) atoms. The van der Waals surface area contributed by atoms with Gasteiger partial charge in [0.05, 0.1) is 10.2 Å². The molecule has 0 fully saturated rings. The molecule has 1 aromatic heterocycles. The van der Waals surface area contributed by atoms with Crippen molar-refractivity contribution in [3.8, 4) is 11.5 Å². The van der Waals surface area contributed by atoms with E-state index in [4.69, 9.17) is 9.47 Å². The van der Waals surface area contributed by atoms with Gasteiger partial charge in [-0.25, -0.2) is 9.78 Å². The number of phenolic OH excluding ortho intramolecular Hbond substituents is 1. The Morgan fingerprint density at radius 3 is 2.81 bits per heavy atom. The van der Waals surface area contributed by atoms with Gasteiger partial charge in [-0.1, -0.05) is 29.5 Å². The first-order chi connectivity index (χ1) is 12.5. The second kappa shape index (κ2) is 7.83. The fourth-order valence-corrected chi connectivity index (χ4v) is 3.12. The summed E-state index contributed by atoms with van der Waals surface area (Å²) < 4.78 is 10.9. The summed E-state index contributed by atoms with van der Waals surface area (Å²) in [5, 5.41) is 12.6. The predicted octanol–water partition coefficient (Wildman–Crippen LogP) is 2.87. The smallest absolute Gasteiger partial charge is 0.344 e. The highest BCUT2D eigenvalue weighted by Crippen LogP contribution is 2.26. The second-order valence-corrected chi connectivity index (χ2v) is 6.49. The average Bonchev–Trinajstić information content (AvgIpc) is 3.00. The number of aromatic nitrogens is 1. The number of phenols is 1. The monoisotopic (exact) mass is 372 g/mol. The van der Waals surface area contributed by atoms with Crippen molar-refractivity contribution in [2.75, 3.05) is 18.5 Å². The number of amides is 1. The molecule has 3 aromatic rings. The van der Waals surface area contributed by atoms with E-state index in [9.17, 15) is 14.7 Å². The first kappa shape index (κ1) is 17.7. The molecular weight excluding hydrogens is 356 g/mol. The lowest BCUT2D eigenvalue weighted by molar-refractivity contribution is -0.149. The number of hydrogen-bond acceptors (Lipinski definition) is 7. The summed E-state index contributed by atoms with van der Waals surface area (Å²) in [4.78, 5) is 27.8. The molecular formula is C18H16N2O5S. The van der Waals surface area contributed by atoms with Crippen LogP contribution in [-0.4, -0.2) is 35.2 Å². The van der Waals surface area contributed by atoms with Gasteiger partial charge >= 0.3 is 5.97 Å². The standard InChI is InChI=1S/C18H16N2O5S/c1-11-6-7-12-15(8-11)26-18(19-12)20-16(22)9-25-17(23)10-24-14-5-3-2-4-13(14)21/h2-8,21H,9-10H2,1H3,(H,19,20,22). The summed E-state index contributed by atoms with van der Waals surface area (Å²) >= 11 is 1.35. The van der Waals surface area contributed by atoms with Crippen molar-refractivity contribution in [1.29, 1.82) is 0 Å². The molecule has 0 saturated carbocycles. The van der Waals surface area contributed by atoms with Crippen molar-refractivity contribution < 1.29 is 24.2 Å². The minimum Gasteiger partial charge on any atom is -0.504 e. The van der Waals surface area contributed by atoms with E-state index in [2.05, 4.69) is 10.3 Å². The Labute approximate surface area is 153 Å². The fourth-order valence-electron chi connectivity index (χ4n) is 2.14. The van der Waals surface area contributed by atoms with Crippen LogP contribution in [0.2, 0.25) is 0 Å². The van der Waals surface area contributed by atoms with E-state index in [1.54, 1.807) is 12.1 Å².